The molecule has 1 spiro atoms. The first kappa shape index (κ1) is 19.9. The lowest BCUT2D eigenvalue weighted by molar-refractivity contribution is -0.215. The molecule has 1 N–H and O–H groups in total. The van der Waals surface area contributed by atoms with Crippen LogP contribution < -0.4 is 0 Å². The minimum Gasteiger partial charge on any atom is -0.434 e. The van der Waals surface area contributed by atoms with Crippen LogP contribution in [-0.2, 0) is 9.47 Å². The highest BCUT2D eigenvalue weighted by molar-refractivity contribution is 5.68. The van der Waals surface area contributed by atoms with Crippen LogP contribution >= 0.6 is 0 Å². The van der Waals surface area contributed by atoms with E-state index in [0.717, 1.165) is 17.7 Å². The highest BCUT2D eigenvalue weighted by Gasteiger charge is 2.46. The van der Waals surface area contributed by atoms with Gasteiger partial charge >= 0.3 is 12.3 Å². The Morgan fingerprint density at radius 2 is 2.15 bits per heavy atom. The summed E-state index contributed by atoms with van der Waals surface area (Å²) in [6.07, 6.45) is -4.70. The second-order valence-corrected chi connectivity index (χ2v) is 7.24. The van der Waals surface area contributed by atoms with E-state index >= 15 is 0 Å². The Balaban J connectivity index is 1.54. The van der Waals surface area contributed by atoms with Gasteiger partial charge < -0.3 is 19.5 Å². The van der Waals surface area contributed by atoms with Gasteiger partial charge in [0.25, 0.3) is 0 Å². The molecule has 0 radical (unpaired) electrons. The Morgan fingerprint density at radius 1 is 1.44 bits per heavy atom. The van der Waals surface area contributed by atoms with Crippen molar-refractivity contribution in [1.82, 2.24) is 9.88 Å². The lowest BCUT2D eigenvalue weighted by atomic mass is 9.84. The molecule has 3 heterocycles. The topological polar surface area (TPSA) is 71.9 Å². The molecule has 2 fully saturated rings. The van der Waals surface area contributed by atoms with E-state index in [1.807, 2.05) is 25.3 Å². The highest BCUT2D eigenvalue weighted by Crippen LogP contribution is 2.42. The van der Waals surface area contributed by atoms with Crippen molar-refractivity contribution >= 4 is 6.09 Å². The maximum Gasteiger partial charge on any atom is 0.427 e. The predicted molar refractivity (Wildman–Crippen MR) is 89.2 cm³/mol. The number of halogens is 3. The maximum atomic E-state index is 12.6. The number of piperidine rings is 1. The second-order valence-electron chi connectivity index (χ2n) is 7.24. The molecule has 0 aromatic carbocycles. The van der Waals surface area contributed by atoms with Gasteiger partial charge in [-0.25, -0.2) is 4.79 Å². The second kappa shape index (κ2) is 7.63. The van der Waals surface area contributed by atoms with Crippen molar-refractivity contribution in [3.05, 3.63) is 29.6 Å². The summed E-state index contributed by atoms with van der Waals surface area (Å²) in [5.41, 5.74) is 1.67. The Hall–Kier alpha value is -1.87. The number of aryl methyl sites for hydroxylation is 1. The third-order valence-corrected chi connectivity index (χ3v) is 5.27. The molecule has 9 heteroatoms. The average Bonchev–Trinajstić information content (AvgIpc) is 3.03. The zero-order chi connectivity index (χ0) is 19.7. The van der Waals surface area contributed by atoms with Crippen molar-refractivity contribution in [3.8, 4) is 0 Å². The summed E-state index contributed by atoms with van der Waals surface area (Å²) in [4.78, 5) is 17.7. The summed E-state index contributed by atoms with van der Waals surface area (Å²) >= 11 is 0. The number of aliphatic hydroxyl groups is 1. The molecule has 1 aromatic heterocycles. The number of amides is 1. The maximum absolute atomic E-state index is 12.6. The van der Waals surface area contributed by atoms with Crippen molar-refractivity contribution in [2.75, 3.05) is 26.3 Å². The van der Waals surface area contributed by atoms with Gasteiger partial charge in [0.2, 0.25) is 6.10 Å². The van der Waals surface area contributed by atoms with E-state index in [1.165, 1.54) is 4.90 Å². The molecule has 1 amide bonds. The van der Waals surface area contributed by atoms with Crippen LogP contribution in [0.4, 0.5) is 18.0 Å². The van der Waals surface area contributed by atoms with Crippen molar-refractivity contribution in [3.63, 3.8) is 0 Å². The van der Waals surface area contributed by atoms with Crippen LogP contribution in [0.1, 0.15) is 36.4 Å². The van der Waals surface area contributed by atoms with E-state index in [1.54, 1.807) is 0 Å². The van der Waals surface area contributed by atoms with E-state index in [9.17, 15) is 18.0 Å². The van der Waals surface area contributed by atoms with E-state index < -0.39 is 25.0 Å². The van der Waals surface area contributed by atoms with Crippen LogP contribution in [0.15, 0.2) is 18.3 Å². The van der Waals surface area contributed by atoms with Gasteiger partial charge in [-0.1, -0.05) is 6.07 Å². The number of nitrogens with zero attached hydrogens (tertiary/aromatic N) is 2. The molecule has 2 saturated heterocycles. The number of hydrogen-bond acceptors (Lipinski definition) is 5. The summed E-state index contributed by atoms with van der Waals surface area (Å²) in [5.74, 6) is 0.174. The molecule has 150 valence electrons. The number of alkyl halides is 3. The summed E-state index contributed by atoms with van der Waals surface area (Å²) in [7, 11) is 0. The van der Waals surface area contributed by atoms with Gasteiger partial charge in [0.05, 0.1) is 18.8 Å². The normalized spacial score (nSPS) is 23.4. The van der Waals surface area contributed by atoms with E-state index in [2.05, 4.69) is 9.72 Å². The van der Waals surface area contributed by atoms with Gasteiger partial charge in [-0.15, -0.1) is 0 Å². The van der Waals surface area contributed by atoms with Crippen molar-refractivity contribution in [2.24, 2.45) is 0 Å². The minimum atomic E-state index is -4.79. The number of aromatic nitrogens is 1. The number of pyridine rings is 1. The predicted octanol–water partition coefficient (Wildman–Crippen LogP) is 2.79. The number of hydrogen-bond donors (Lipinski definition) is 1. The number of carbonyl (C=O) groups is 1. The average molecular weight is 388 g/mol. The third-order valence-electron chi connectivity index (χ3n) is 5.27. The number of carbonyl (C=O) groups excluding carboxylic acids is 1. The first-order valence-electron chi connectivity index (χ1n) is 8.92. The van der Waals surface area contributed by atoms with Crippen LogP contribution in [0.2, 0.25) is 0 Å². The SMILES string of the molecule is Cc1ccc(C2COC3(CCN(C(=O)O[C@H](CO)C(F)(F)F)CC3)C2)nc1. The molecule has 0 saturated carbocycles. The van der Waals surface area contributed by atoms with E-state index in [4.69, 9.17) is 9.84 Å². The highest BCUT2D eigenvalue weighted by atomic mass is 19.4. The Morgan fingerprint density at radius 3 is 2.70 bits per heavy atom. The van der Waals surface area contributed by atoms with E-state index in [-0.39, 0.29) is 24.6 Å². The van der Waals surface area contributed by atoms with Gasteiger partial charge in [-0.3, -0.25) is 4.98 Å². The Labute approximate surface area is 155 Å². The lowest BCUT2D eigenvalue weighted by Crippen LogP contribution is -2.48. The molecule has 2 aliphatic rings. The zero-order valence-corrected chi connectivity index (χ0v) is 15.0. The van der Waals surface area contributed by atoms with Gasteiger partial charge in [0.15, 0.2) is 0 Å². The number of likely N-dealkylation sites (tertiary alicyclic amines) is 1. The lowest BCUT2D eigenvalue weighted by Gasteiger charge is -2.38. The van der Waals surface area contributed by atoms with Crippen molar-refractivity contribution in [1.29, 1.82) is 0 Å². The van der Waals surface area contributed by atoms with Crippen molar-refractivity contribution < 1.29 is 32.5 Å². The fourth-order valence-corrected chi connectivity index (χ4v) is 3.60. The number of aliphatic hydroxyl groups excluding tert-OH is 1. The molecular formula is C18H23F3N2O4. The standard InChI is InChI=1S/C18H23F3N2O4/c1-12-2-3-14(22-9-12)13-8-17(26-11-13)4-6-23(7-5-17)16(25)27-15(10-24)18(19,20)21/h2-3,9,13,15,24H,4-8,10-11H2,1H3/t13?,15-/m1/s1. The summed E-state index contributed by atoms with van der Waals surface area (Å²) in [6, 6.07) is 3.99. The summed E-state index contributed by atoms with van der Waals surface area (Å²) in [5, 5.41) is 8.79. The molecule has 27 heavy (non-hydrogen) atoms. The summed E-state index contributed by atoms with van der Waals surface area (Å²) < 4.78 is 48.3. The first-order valence-corrected chi connectivity index (χ1v) is 8.92. The third kappa shape index (κ3) is 4.52. The van der Waals surface area contributed by atoms with Crippen LogP contribution in [0.5, 0.6) is 0 Å². The van der Waals surface area contributed by atoms with Gasteiger partial charge in [-0.05, 0) is 37.8 Å². The van der Waals surface area contributed by atoms with Gasteiger partial charge in [0, 0.05) is 30.9 Å². The molecule has 6 nitrogen and oxygen atoms in total. The van der Waals surface area contributed by atoms with Gasteiger partial charge in [-0.2, -0.15) is 13.2 Å². The first-order chi connectivity index (χ1) is 12.7. The van der Waals surface area contributed by atoms with E-state index in [0.29, 0.717) is 19.4 Å². The molecule has 1 unspecified atom stereocenters. The van der Waals surface area contributed by atoms with Crippen LogP contribution in [0, 0.1) is 6.92 Å². The molecule has 0 aliphatic carbocycles. The smallest absolute Gasteiger partial charge is 0.427 e. The quantitative estimate of drug-likeness (QED) is 0.862. The zero-order valence-electron chi connectivity index (χ0n) is 15.0. The number of ether oxygens (including phenoxy) is 2. The molecule has 2 atom stereocenters. The van der Waals surface area contributed by atoms with Gasteiger partial charge in [0.1, 0.15) is 0 Å². The van der Waals surface area contributed by atoms with Crippen LogP contribution in [0.3, 0.4) is 0 Å². The fourth-order valence-electron chi connectivity index (χ4n) is 3.60. The molecule has 3 rings (SSSR count). The number of rotatable bonds is 3. The monoisotopic (exact) mass is 388 g/mol. The molecule has 2 aliphatic heterocycles. The molecule has 1 aromatic rings. The minimum absolute atomic E-state index is 0.174. The molecule has 0 bridgehead atoms. The fraction of sp³-hybridized carbons (Fsp3) is 0.667. The largest absolute Gasteiger partial charge is 0.434 e. The van der Waals surface area contributed by atoms with Crippen LogP contribution in [0.25, 0.3) is 0 Å². The van der Waals surface area contributed by atoms with Crippen molar-refractivity contribution in [2.45, 2.75) is 50.0 Å². The van der Waals surface area contributed by atoms with Crippen LogP contribution in [-0.4, -0.2) is 65.3 Å². The Bertz CT molecular complexity index is 658. The summed E-state index contributed by atoms with van der Waals surface area (Å²) in [6.45, 7) is 1.73. The molecular weight excluding hydrogens is 365 g/mol. The Kier molecular flexibility index (Phi) is 5.62.